The highest BCUT2D eigenvalue weighted by atomic mass is 19.1. The van der Waals surface area contributed by atoms with Gasteiger partial charge in [-0.25, -0.2) is 9.18 Å². The van der Waals surface area contributed by atoms with Crippen LogP contribution in [0.15, 0.2) is 48.5 Å². The molecule has 2 amide bonds. The zero-order valence-corrected chi connectivity index (χ0v) is 16.5. The third kappa shape index (κ3) is 5.78. The van der Waals surface area contributed by atoms with Gasteiger partial charge in [0.15, 0.2) is 0 Å². The van der Waals surface area contributed by atoms with Crippen molar-refractivity contribution in [3.63, 3.8) is 0 Å². The lowest BCUT2D eigenvalue weighted by molar-refractivity contribution is 0.131. The zero-order valence-electron chi connectivity index (χ0n) is 16.5. The van der Waals surface area contributed by atoms with E-state index in [4.69, 9.17) is 0 Å². The molecule has 28 heavy (non-hydrogen) atoms. The van der Waals surface area contributed by atoms with Gasteiger partial charge in [-0.15, -0.1) is 0 Å². The van der Waals surface area contributed by atoms with Gasteiger partial charge in [0.2, 0.25) is 0 Å². The fraction of sp³-hybridized carbons (Fsp3) is 0.409. The molecule has 1 heterocycles. The van der Waals surface area contributed by atoms with Crippen LogP contribution in [0.5, 0.6) is 0 Å². The van der Waals surface area contributed by atoms with E-state index in [-0.39, 0.29) is 18.4 Å². The van der Waals surface area contributed by atoms with Crippen LogP contribution >= 0.6 is 0 Å². The monoisotopic (exact) mass is 384 g/mol. The highest BCUT2D eigenvalue weighted by molar-refractivity contribution is 5.73. The maximum absolute atomic E-state index is 13.6. The SMILES string of the molecule is CCN1CCN(Cc2ccccc2CNC(=O)NCc2ccccc2F)CC1. The van der Waals surface area contributed by atoms with Crippen molar-refractivity contribution in [1.82, 2.24) is 20.4 Å². The zero-order chi connectivity index (χ0) is 19.8. The topological polar surface area (TPSA) is 47.6 Å². The molecule has 2 N–H and O–H groups in total. The number of urea groups is 1. The minimum atomic E-state index is -0.309. The molecule has 150 valence electrons. The summed E-state index contributed by atoms with van der Waals surface area (Å²) in [7, 11) is 0. The molecular weight excluding hydrogens is 355 g/mol. The van der Waals surface area contributed by atoms with E-state index >= 15 is 0 Å². The summed E-state index contributed by atoms with van der Waals surface area (Å²) in [5.74, 6) is -0.309. The summed E-state index contributed by atoms with van der Waals surface area (Å²) < 4.78 is 13.6. The molecular formula is C22H29FN4O. The van der Waals surface area contributed by atoms with E-state index in [2.05, 4.69) is 39.5 Å². The number of piperazine rings is 1. The number of nitrogens with zero attached hydrogens (tertiary/aromatic N) is 2. The van der Waals surface area contributed by atoms with E-state index < -0.39 is 0 Å². The van der Waals surface area contributed by atoms with E-state index in [9.17, 15) is 9.18 Å². The molecule has 1 aliphatic rings. The molecule has 0 aromatic heterocycles. The number of nitrogens with one attached hydrogen (secondary N) is 2. The van der Waals surface area contributed by atoms with Crippen LogP contribution in [0.2, 0.25) is 0 Å². The number of rotatable bonds is 7. The Labute approximate surface area is 166 Å². The number of amides is 2. The molecule has 0 atom stereocenters. The number of halogens is 1. The Morgan fingerprint density at radius 1 is 0.857 bits per heavy atom. The number of carbonyl (C=O) groups is 1. The predicted octanol–water partition coefficient (Wildman–Crippen LogP) is 2.96. The minimum absolute atomic E-state index is 0.169. The normalized spacial score (nSPS) is 15.4. The Bertz CT molecular complexity index is 775. The molecule has 0 radical (unpaired) electrons. The summed E-state index contributed by atoms with van der Waals surface area (Å²) in [4.78, 5) is 17.0. The number of hydrogen-bond donors (Lipinski definition) is 2. The Morgan fingerprint density at radius 2 is 1.39 bits per heavy atom. The third-order valence-corrected chi connectivity index (χ3v) is 5.26. The number of likely N-dealkylation sites (N-methyl/N-ethyl adjacent to an activating group) is 1. The molecule has 1 saturated heterocycles. The van der Waals surface area contributed by atoms with Crippen LogP contribution in [-0.2, 0) is 19.6 Å². The molecule has 2 aromatic rings. The minimum Gasteiger partial charge on any atom is -0.334 e. The van der Waals surface area contributed by atoms with Crippen molar-refractivity contribution < 1.29 is 9.18 Å². The lowest BCUT2D eigenvalue weighted by atomic mass is 10.1. The second-order valence-electron chi connectivity index (χ2n) is 7.11. The van der Waals surface area contributed by atoms with Crippen LogP contribution in [0.1, 0.15) is 23.6 Å². The van der Waals surface area contributed by atoms with E-state index in [1.54, 1.807) is 18.2 Å². The van der Waals surface area contributed by atoms with Crippen molar-refractivity contribution in [1.29, 1.82) is 0 Å². The largest absolute Gasteiger partial charge is 0.334 e. The molecule has 5 nitrogen and oxygen atoms in total. The Morgan fingerprint density at radius 3 is 2.04 bits per heavy atom. The first-order chi connectivity index (χ1) is 13.7. The highest BCUT2D eigenvalue weighted by Crippen LogP contribution is 2.13. The molecule has 1 aliphatic heterocycles. The lowest BCUT2D eigenvalue weighted by Crippen LogP contribution is -2.45. The standard InChI is InChI=1S/C22H29FN4O/c1-2-26-11-13-27(14-12-26)17-20-9-4-3-7-18(20)15-24-22(28)25-16-19-8-5-6-10-21(19)23/h3-10H,2,11-17H2,1H3,(H2,24,25,28). The first kappa shape index (κ1) is 20.3. The predicted molar refractivity (Wildman–Crippen MR) is 109 cm³/mol. The summed E-state index contributed by atoms with van der Waals surface area (Å²) >= 11 is 0. The third-order valence-electron chi connectivity index (χ3n) is 5.26. The first-order valence-electron chi connectivity index (χ1n) is 9.92. The molecule has 0 unspecified atom stereocenters. The van der Waals surface area contributed by atoms with Crippen molar-refractivity contribution in [2.24, 2.45) is 0 Å². The molecule has 1 fully saturated rings. The van der Waals surface area contributed by atoms with Gasteiger partial charge in [-0.2, -0.15) is 0 Å². The lowest BCUT2D eigenvalue weighted by Gasteiger charge is -2.34. The summed E-state index contributed by atoms with van der Waals surface area (Å²) in [6.07, 6.45) is 0. The molecule has 6 heteroatoms. The second-order valence-corrected chi connectivity index (χ2v) is 7.11. The molecule has 0 bridgehead atoms. The molecule has 0 saturated carbocycles. The van der Waals surface area contributed by atoms with E-state index in [1.165, 1.54) is 11.6 Å². The Hall–Kier alpha value is -2.44. The number of benzene rings is 2. The summed E-state index contributed by atoms with van der Waals surface area (Å²) in [6, 6.07) is 14.4. The fourth-order valence-electron chi connectivity index (χ4n) is 3.44. The first-order valence-corrected chi connectivity index (χ1v) is 9.92. The summed E-state index contributed by atoms with van der Waals surface area (Å²) in [5, 5.41) is 5.60. The van der Waals surface area contributed by atoms with Gasteiger partial charge in [0.1, 0.15) is 5.82 Å². The Balaban J connectivity index is 1.49. The van der Waals surface area contributed by atoms with E-state index in [0.29, 0.717) is 12.1 Å². The summed E-state index contributed by atoms with van der Waals surface area (Å²) in [5.41, 5.74) is 2.83. The van der Waals surface area contributed by atoms with Crippen LogP contribution in [-0.4, -0.2) is 48.6 Å². The van der Waals surface area contributed by atoms with Gasteiger partial charge >= 0.3 is 6.03 Å². The van der Waals surface area contributed by atoms with Crippen LogP contribution < -0.4 is 10.6 Å². The van der Waals surface area contributed by atoms with E-state index in [0.717, 1.165) is 44.8 Å². The van der Waals surface area contributed by atoms with Gasteiger partial charge in [0.05, 0.1) is 0 Å². The van der Waals surface area contributed by atoms with Crippen LogP contribution in [0.3, 0.4) is 0 Å². The molecule has 0 spiro atoms. The molecule has 3 rings (SSSR count). The highest BCUT2D eigenvalue weighted by Gasteiger charge is 2.16. The molecule has 0 aliphatic carbocycles. The number of carbonyl (C=O) groups excluding carboxylic acids is 1. The van der Waals surface area contributed by atoms with Gasteiger partial charge in [-0.1, -0.05) is 49.4 Å². The van der Waals surface area contributed by atoms with Crippen molar-refractivity contribution in [2.75, 3.05) is 32.7 Å². The number of hydrogen-bond acceptors (Lipinski definition) is 3. The fourth-order valence-corrected chi connectivity index (χ4v) is 3.44. The second kappa shape index (κ2) is 10.2. The van der Waals surface area contributed by atoms with Crippen molar-refractivity contribution in [3.8, 4) is 0 Å². The van der Waals surface area contributed by atoms with Gasteiger partial charge in [-0.05, 0) is 23.7 Å². The smallest absolute Gasteiger partial charge is 0.315 e. The van der Waals surface area contributed by atoms with E-state index in [1.807, 2.05) is 12.1 Å². The van der Waals surface area contributed by atoms with Gasteiger partial charge < -0.3 is 15.5 Å². The Kier molecular flexibility index (Phi) is 7.39. The van der Waals surface area contributed by atoms with Crippen LogP contribution in [0.4, 0.5) is 9.18 Å². The quantitative estimate of drug-likeness (QED) is 0.772. The van der Waals surface area contributed by atoms with Gasteiger partial charge in [0, 0.05) is 51.4 Å². The van der Waals surface area contributed by atoms with Crippen LogP contribution in [0.25, 0.3) is 0 Å². The van der Waals surface area contributed by atoms with Gasteiger partial charge in [-0.3, -0.25) is 4.90 Å². The summed E-state index contributed by atoms with van der Waals surface area (Å²) in [6.45, 7) is 9.18. The molecule has 2 aromatic carbocycles. The van der Waals surface area contributed by atoms with Crippen molar-refractivity contribution in [2.45, 2.75) is 26.6 Å². The maximum Gasteiger partial charge on any atom is 0.315 e. The van der Waals surface area contributed by atoms with Gasteiger partial charge in [0.25, 0.3) is 0 Å². The average molecular weight is 384 g/mol. The van der Waals surface area contributed by atoms with Crippen molar-refractivity contribution >= 4 is 6.03 Å². The average Bonchev–Trinajstić information content (AvgIpc) is 2.73. The van der Waals surface area contributed by atoms with Crippen LogP contribution in [0, 0.1) is 5.82 Å². The maximum atomic E-state index is 13.6. The van der Waals surface area contributed by atoms with Crippen molar-refractivity contribution in [3.05, 3.63) is 71.0 Å².